The molecule has 0 aliphatic heterocycles. The van der Waals surface area contributed by atoms with Gasteiger partial charge in [-0.25, -0.2) is 8.78 Å². The van der Waals surface area contributed by atoms with E-state index in [0.29, 0.717) is 11.3 Å². The van der Waals surface area contributed by atoms with Crippen molar-refractivity contribution in [2.75, 3.05) is 0 Å². The van der Waals surface area contributed by atoms with Crippen LogP contribution in [0.25, 0.3) is 0 Å². The highest BCUT2D eigenvalue weighted by molar-refractivity contribution is 7.12. The van der Waals surface area contributed by atoms with Crippen molar-refractivity contribution in [3.63, 3.8) is 0 Å². The summed E-state index contributed by atoms with van der Waals surface area (Å²) in [7, 11) is 0. The first-order chi connectivity index (χ1) is 17.4. The summed E-state index contributed by atoms with van der Waals surface area (Å²) in [5, 5.41) is 13.3. The van der Waals surface area contributed by atoms with Gasteiger partial charge in [0.25, 0.3) is 0 Å². The molecule has 8 heteroatoms. The molecule has 37 heavy (non-hydrogen) atoms. The molecule has 5 nitrogen and oxygen atoms in total. The zero-order valence-electron chi connectivity index (χ0n) is 21.6. The summed E-state index contributed by atoms with van der Waals surface area (Å²) in [6.07, 6.45) is -0.473. The molecule has 1 aromatic heterocycles. The van der Waals surface area contributed by atoms with Crippen LogP contribution in [-0.2, 0) is 14.3 Å². The van der Waals surface area contributed by atoms with Gasteiger partial charge in [-0.3, -0.25) is 14.4 Å². The molecule has 1 aromatic rings. The largest absolute Gasteiger partial charge is 0.461 e. The Morgan fingerprint density at radius 1 is 1.24 bits per heavy atom. The predicted molar refractivity (Wildman–Crippen MR) is 136 cm³/mol. The maximum atomic E-state index is 17.6. The van der Waals surface area contributed by atoms with E-state index in [-0.39, 0.29) is 60.4 Å². The van der Waals surface area contributed by atoms with Crippen molar-refractivity contribution in [3.05, 3.63) is 45.7 Å². The van der Waals surface area contributed by atoms with Gasteiger partial charge < -0.3 is 9.84 Å². The number of hydrogen-bond acceptors (Lipinski definition) is 6. The number of ether oxygens (including phenoxy) is 1. The molecule has 3 saturated carbocycles. The number of alkyl halides is 2. The van der Waals surface area contributed by atoms with E-state index >= 15 is 8.78 Å². The number of carbonyl (C=O) groups is 3. The van der Waals surface area contributed by atoms with Crippen LogP contribution in [0.1, 0.15) is 69.5 Å². The molecule has 9 atom stereocenters. The van der Waals surface area contributed by atoms with Crippen LogP contribution in [0.5, 0.6) is 0 Å². The monoisotopic (exact) mass is 532 g/mol. The Morgan fingerprint density at radius 3 is 2.62 bits per heavy atom. The molecule has 0 radical (unpaired) electrons. The van der Waals surface area contributed by atoms with Crippen LogP contribution in [0.2, 0.25) is 0 Å². The van der Waals surface area contributed by atoms with Crippen molar-refractivity contribution >= 4 is 28.9 Å². The average Bonchev–Trinajstić information content (AvgIpc) is 3.46. The number of ketones is 2. The van der Waals surface area contributed by atoms with Gasteiger partial charge in [0.15, 0.2) is 17.2 Å². The van der Waals surface area contributed by atoms with Crippen molar-refractivity contribution in [2.24, 2.45) is 28.6 Å². The van der Waals surface area contributed by atoms with E-state index in [2.05, 4.69) is 0 Å². The Morgan fingerprint density at radius 2 is 1.97 bits per heavy atom. The Hall–Kier alpha value is -2.19. The summed E-state index contributed by atoms with van der Waals surface area (Å²) in [5.41, 5.74) is -4.37. The highest BCUT2D eigenvalue weighted by atomic mass is 32.1. The summed E-state index contributed by atoms with van der Waals surface area (Å²) in [5.74, 6) is -2.31. The Balaban J connectivity index is 1.55. The number of halogens is 2. The van der Waals surface area contributed by atoms with Crippen LogP contribution >= 0.6 is 11.3 Å². The van der Waals surface area contributed by atoms with Crippen molar-refractivity contribution < 1.29 is 33.0 Å². The number of Topliss-reactive ketones (excluding diaryl/α,β-unsaturated/α-hetero) is 1. The van der Waals surface area contributed by atoms with Gasteiger partial charge in [-0.1, -0.05) is 32.9 Å². The first kappa shape index (κ1) is 26.4. The number of aliphatic hydroxyl groups excluding tert-OH is 1. The summed E-state index contributed by atoms with van der Waals surface area (Å²) in [6, 6.07) is 3.41. The molecule has 4 aliphatic carbocycles. The molecule has 0 spiro atoms. The van der Waals surface area contributed by atoms with E-state index < -0.39 is 46.6 Å². The van der Waals surface area contributed by atoms with Gasteiger partial charge in [-0.2, -0.15) is 0 Å². The molecule has 200 valence electrons. The lowest BCUT2D eigenvalue weighted by Crippen LogP contribution is -2.68. The lowest BCUT2D eigenvalue weighted by molar-refractivity contribution is -0.212. The van der Waals surface area contributed by atoms with Gasteiger partial charge in [0.05, 0.1) is 11.0 Å². The highest BCUT2D eigenvalue weighted by Gasteiger charge is 2.73. The number of thiophene rings is 1. The van der Waals surface area contributed by atoms with Gasteiger partial charge in [0, 0.05) is 35.2 Å². The molecule has 0 saturated heterocycles. The number of aliphatic hydroxyl groups is 1. The average molecular weight is 533 g/mol. The van der Waals surface area contributed by atoms with E-state index in [1.54, 1.807) is 31.4 Å². The van der Waals surface area contributed by atoms with E-state index in [9.17, 15) is 19.5 Å². The van der Waals surface area contributed by atoms with Gasteiger partial charge in [0.2, 0.25) is 0 Å². The molecule has 0 amide bonds. The summed E-state index contributed by atoms with van der Waals surface area (Å²) < 4.78 is 39.2. The lowest BCUT2D eigenvalue weighted by atomic mass is 9.45. The fraction of sp³-hybridized carbons (Fsp3) is 0.621. The maximum absolute atomic E-state index is 17.6. The first-order valence-corrected chi connectivity index (χ1v) is 14.0. The topological polar surface area (TPSA) is 80.7 Å². The fourth-order valence-corrected chi connectivity index (χ4v) is 8.68. The van der Waals surface area contributed by atoms with Crippen LogP contribution in [0.4, 0.5) is 8.78 Å². The zero-order valence-corrected chi connectivity index (χ0v) is 22.4. The molecule has 0 aromatic carbocycles. The third-order valence-electron chi connectivity index (χ3n) is 9.74. The fourth-order valence-electron chi connectivity index (χ4n) is 8.01. The lowest BCUT2D eigenvalue weighted by Gasteiger charge is -2.62. The van der Waals surface area contributed by atoms with Gasteiger partial charge in [-0.05, 0) is 61.1 Å². The minimum Gasteiger partial charge on any atom is -0.461 e. The Bertz CT molecular complexity index is 1190. The molecule has 3 fully saturated rings. The maximum Gasteiger partial charge on any atom is 0.305 e. The minimum absolute atomic E-state index is 0.0335. The molecule has 1 N–H and O–H groups in total. The molecular formula is C29H34F2O5S. The highest BCUT2D eigenvalue weighted by Crippen LogP contribution is 2.69. The van der Waals surface area contributed by atoms with Crippen molar-refractivity contribution in [3.8, 4) is 0 Å². The molecule has 1 heterocycles. The van der Waals surface area contributed by atoms with Crippen LogP contribution < -0.4 is 0 Å². The summed E-state index contributed by atoms with van der Waals surface area (Å²) >= 11 is 1.26. The molecule has 0 bridgehead atoms. The predicted octanol–water partition coefficient (Wildman–Crippen LogP) is 5.58. The first-order valence-electron chi connectivity index (χ1n) is 13.1. The minimum atomic E-state index is -2.24. The molecule has 0 unspecified atom stereocenters. The zero-order chi connectivity index (χ0) is 26.9. The molecular weight excluding hydrogens is 498 g/mol. The summed E-state index contributed by atoms with van der Waals surface area (Å²) in [4.78, 5) is 38.4. The van der Waals surface area contributed by atoms with Gasteiger partial charge in [0.1, 0.15) is 12.3 Å². The van der Waals surface area contributed by atoms with E-state index in [4.69, 9.17) is 4.74 Å². The van der Waals surface area contributed by atoms with Crippen LogP contribution in [0.15, 0.2) is 40.8 Å². The number of fused-ring (bicyclic) bond motifs is 5. The standard InChI is InChI=1S/C29H34F2O5S/c1-5-25(35)36-26-15(2)9-17-18-11-20(30)19-12-21(32)16(10-22(33)23-7-6-8-37-23)13-28(19,4)29(18,31)24(34)14-27(17,26)3/h6-8,12-13,15,17-18,20,24,26,34H,5,9-11,14H2,1-4H3/t15-,17+,18+,20+,24+,26+,27+,28+,29+/m1/s1. The number of allylic oxidation sites excluding steroid dienone is 4. The van der Waals surface area contributed by atoms with Crippen LogP contribution in [0.3, 0.4) is 0 Å². The Labute approximate surface area is 220 Å². The van der Waals surface area contributed by atoms with Crippen LogP contribution in [-0.4, -0.2) is 46.7 Å². The van der Waals surface area contributed by atoms with Gasteiger partial charge >= 0.3 is 5.97 Å². The van der Waals surface area contributed by atoms with Crippen LogP contribution in [0, 0.1) is 28.6 Å². The normalized spacial score (nSPS) is 42.7. The van der Waals surface area contributed by atoms with Crippen molar-refractivity contribution in [1.82, 2.24) is 0 Å². The van der Waals surface area contributed by atoms with Crippen molar-refractivity contribution in [2.45, 2.75) is 83.8 Å². The third kappa shape index (κ3) is 3.73. The number of hydrogen-bond donors (Lipinski definition) is 1. The molecule has 5 rings (SSSR count). The number of carbonyl (C=O) groups excluding carboxylic acids is 3. The summed E-state index contributed by atoms with van der Waals surface area (Å²) in [6.45, 7) is 7.15. The molecule has 4 aliphatic rings. The smallest absolute Gasteiger partial charge is 0.305 e. The second-order valence-electron chi connectivity index (χ2n) is 11.8. The number of esters is 1. The Kier molecular flexibility index (Phi) is 6.38. The van der Waals surface area contributed by atoms with E-state index in [0.717, 1.165) is 6.08 Å². The van der Waals surface area contributed by atoms with Gasteiger partial charge in [-0.15, -0.1) is 11.3 Å². The second kappa shape index (κ2) is 8.94. The SMILES string of the molecule is CCC(=O)O[C@H]1[C@H](C)C[C@H]2[C@@H]3C[C@H](F)C4=CC(=O)C(CC(=O)c5cccs5)=C[C@]4(C)[C@@]3(F)[C@@H](O)C[C@@]21C. The third-order valence-corrected chi connectivity index (χ3v) is 10.6. The number of rotatable bonds is 5. The second-order valence-corrected chi connectivity index (χ2v) is 12.7. The van der Waals surface area contributed by atoms with E-state index in [1.165, 1.54) is 17.4 Å². The van der Waals surface area contributed by atoms with E-state index in [1.807, 2.05) is 13.8 Å². The van der Waals surface area contributed by atoms with Crippen molar-refractivity contribution in [1.29, 1.82) is 0 Å². The quantitative estimate of drug-likeness (QED) is 0.396.